The molecule has 0 aromatic carbocycles. The van der Waals surface area contributed by atoms with Gasteiger partial charge in [0.2, 0.25) is 0 Å². The van der Waals surface area contributed by atoms with Crippen molar-refractivity contribution in [3.8, 4) is 0 Å². The van der Waals surface area contributed by atoms with E-state index in [1.54, 1.807) is 0 Å². The number of pyridine rings is 1. The molecule has 15 heavy (non-hydrogen) atoms. The molecule has 0 bridgehead atoms. The molecule has 0 atom stereocenters. The van der Waals surface area contributed by atoms with Crippen molar-refractivity contribution in [3.63, 3.8) is 0 Å². The van der Waals surface area contributed by atoms with E-state index in [1.807, 2.05) is 24.2 Å². The predicted molar refractivity (Wildman–Crippen MR) is 69.7 cm³/mol. The van der Waals surface area contributed by atoms with E-state index in [2.05, 4.69) is 29.7 Å². The van der Waals surface area contributed by atoms with Gasteiger partial charge < -0.3 is 0 Å². The summed E-state index contributed by atoms with van der Waals surface area (Å²) in [5.41, 5.74) is 0.497. The van der Waals surface area contributed by atoms with Crippen molar-refractivity contribution in [2.45, 2.75) is 30.6 Å². The van der Waals surface area contributed by atoms with Crippen LogP contribution >= 0.6 is 24.4 Å². The van der Waals surface area contributed by atoms with Crippen molar-refractivity contribution < 1.29 is 0 Å². The molecular weight excluding hydrogens is 222 g/mol. The van der Waals surface area contributed by atoms with Crippen LogP contribution in [0.4, 0.5) is 0 Å². The molecule has 1 saturated carbocycles. The molecule has 0 unspecified atom stereocenters. The van der Waals surface area contributed by atoms with Crippen LogP contribution < -0.4 is 0 Å². The number of thioether (sulfide) groups is 1. The minimum atomic E-state index is 0.497. The van der Waals surface area contributed by atoms with Crippen LogP contribution in [0.5, 0.6) is 0 Å². The molecule has 0 spiro atoms. The lowest BCUT2D eigenvalue weighted by Gasteiger charge is -2.26. The summed E-state index contributed by atoms with van der Waals surface area (Å²) < 4.78 is 0. The Morgan fingerprint density at radius 1 is 1.27 bits per heavy atom. The van der Waals surface area contributed by atoms with E-state index >= 15 is 0 Å². The van der Waals surface area contributed by atoms with Gasteiger partial charge in [-0.25, -0.2) is 0 Å². The zero-order valence-corrected chi connectivity index (χ0v) is 10.6. The molecule has 1 aliphatic rings. The number of aromatic nitrogens is 1. The molecule has 82 valence electrons. The molecule has 0 radical (unpaired) electrons. The topological polar surface area (TPSA) is 12.9 Å². The Labute approximate surface area is 101 Å². The zero-order chi connectivity index (χ0) is 10.6. The van der Waals surface area contributed by atoms with E-state index in [0.717, 1.165) is 5.75 Å². The van der Waals surface area contributed by atoms with Crippen molar-refractivity contribution in [2.24, 2.45) is 5.41 Å². The molecule has 1 aromatic rings. The van der Waals surface area contributed by atoms with Gasteiger partial charge in [-0.1, -0.05) is 12.8 Å². The van der Waals surface area contributed by atoms with Crippen molar-refractivity contribution in [3.05, 3.63) is 24.5 Å². The molecular formula is C12H17NS2. The van der Waals surface area contributed by atoms with Crippen LogP contribution in [0.25, 0.3) is 0 Å². The van der Waals surface area contributed by atoms with Gasteiger partial charge in [0.15, 0.2) is 0 Å². The molecule has 0 amide bonds. The van der Waals surface area contributed by atoms with Crippen LogP contribution in [0.3, 0.4) is 0 Å². The summed E-state index contributed by atoms with van der Waals surface area (Å²) in [5, 5.41) is 0. The highest BCUT2D eigenvalue weighted by molar-refractivity contribution is 7.99. The SMILES string of the molecule is SCC1(CSc2ccncc2)CCCC1. The van der Waals surface area contributed by atoms with Gasteiger partial charge in [-0.2, -0.15) is 12.6 Å². The van der Waals surface area contributed by atoms with Crippen molar-refractivity contribution in [2.75, 3.05) is 11.5 Å². The first-order valence-electron chi connectivity index (χ1n) is 5.48. The van der Waals surface area contributed by atoms with Gasteiger partial charge in [0.1, 0.15) is 0 Å². The predicted octanol–water partition coefficient (Wildman–Crippen LogP) is 3.66. The quantitative estimate of drug-likeness (QED) is 0.636. The van der Waals surface area contributed by atoms with E-state index < -0.39 is 0 Å². The van der Waals surface area contributed by atoms with Gasteiger partial charge in [0, 0.05) is 23.0 Å². The number of thiol groups is 1. The fourth-order valence-electron chi connectivity index (χ4n) is 2.14. The first kappa shape index (κ1) is 11.3. The van der Waals surface area contributed by atoms with Crippen molar-refractivity contribution in [1.82, 2.24) is 4.98 Å². The highest BCUT2D eigenvalue weighted by Crippen LogP contribution is 2.42. The zero-order valence-electron chi connectivity index (χ0n) is 8.85. The lowest BCUT2D eigenvalue weighted by atomic mass is 9.91. The third-order valence-electron chi connectivity index (χ3n) is 3.19. The van der Waals surface area contributed by atoms with Crippen LogP contribution in [0.15, 0.2) is 29.4 Å². The summed E-state index contributed by atoms with van der Waals surface area (Å²) in [7, 11) is 0. The maximum Gasteiger partial charge on any atom is 0.0278 e. The second kappa shape index (κ2) is 5.26. The fraction of sp³-hybridized carbons (Fsp3) is 0.583. The normalized spacial score (nSPS) is 19.3. The van der Waals surface area contributed by atoms with Crippen LogP contribution in [0.2, 0.25) is 0 Å². The number of nitrogens with zero attached hydrogens (tertiary/aromatic N) is 1. The lowest BCUT2D eigenvalue weighted by molar-refractivity contribution is 0.403. The lowest BCUT2D eigenvalue weighted by Crippen LogP contribution is -2.21. The molecule has 1 fully saturated rings. The highest BCUT2D eigenvalue weighted by Gasteiger charge is 2.32. The van der Waals surface area contributed by atoms with Gasteiger partial charge in [0.05, 0.1) is 0 Å². The fourth-order valence-corrected chi connectivity index (χ4v) is 3.90. The van der Waals surface area contributed by atoms with Crippen molar-refractivity contribution >= 4 is 24.4 Å². The molecule has 0 N–H and O–H groups in total. The van der Waals surface area contributed by atoms with Gasteiger partial charge >= 0.3 is 0 Å². The summed E-state index contributed by atoms with van der Waals surface area (Å²) in [6.45, 7) is 0. The molecule has 0 aliphatic heterocycles. The maximum absolute atomic E-state index is 4.52. The average molecular weight is 239 g/mol. The average Bonchev–Trinajstić information content (AvgIpc) is 2.77. The Kier molecular flexibility index (Phi) is 3.98. The Hall–Kier alpha value is -0.150. The first-order chi connectivity index (χ1) is 7.35. The molecule has 3 heteroatoms. The molecule has 1 heterocycles. The van der Waals surface area contributed by atoms with Crippen LogP contribution in [0, 0.1) is 5.41 Å². The summed E-state index contributed by atoms with van der Waals surface area (Å²) in [5.74, 6) is 2.24. The molecule has 0 saturated heterocycles. The standard InChI is InChI=1S/C12H17NS2/c14-9-12(5-1-2-6-12)10-15-11-3-7-13-8-4-11/h3-4,7-8,14H,1-2,5-6,9-10H2. The minimum absolute atomic E-state index is 0.497. The molecule has 1 aromatic heterocycles. The van der Waals surface area contributed by atoms with Gasteiger partial charge in [-0.05, 0) is 36.1 Å². The maximum atomic E-state index is 4.52. The third-order valence-corrected chi connectivity index (χ3v) is 5.23. The second-order valence-electron chi connectivity index (χ2n) is 4.34. The summed E-state index contributed by atoms with van der Waals surface area (Å²) in [6, 6.07) is 4.18. The Morgan fingerprint density at radius 2 is 1.93 bits per heavy atom. The Balaban J connectivity index is 1.92. The van der Waals surface area contributed by atoms with Gasteiger partial charge in [-0.15, -0.1) is 11.8 Å². The number of rotatable bonds is 4. The largest absolute Gasteiger partial charge is 0.265 e. The van der Waals surface area contributed by atoms with Crippen LogP contribution in [-0.2, 0) is 0 Å². The van der Waals surface area contributed by atoms with E-state index in [1.165, 1.54) is 36.3 Å². The van der Waals surface area contributed by atoms with Crippen LogP contribution in [0.1, 0.15) is 25.7 Å². The Morgan fingerprint density at radius 3 is 2.53 bits per heavy atom. The monoisotopic (exact) mass is 239 g/mol. The van der Waals surface area contributed by atoms with Crippen LogP contribution in [-0.4, -0.2) is 16.5 Å². The minimum Gasteiger partial charge on any atom is -0.265 e. The van der Waals surface area contributed by atoms with Gasteiger partial charge in [-0.3, -0.25) is 4.98 Å². The summed E-state index contributed by atoms with van der Waals surface area (Å²) in [4.78, 5) is 5.37. The number of hydrogen-bond donors (Lipinski definition) is 1. The van der Waals surface area contributed by atoms with E-state index in [4.69, 9.17) is 0 Å². The van der Waals surface area contributed by atoms with Crippen molar-refractivity contribution in [1.29, 1.82) is 0 Å². The summed E-state index contributed by atoms with van der Waals surface area (Å²) in [6.07, 6.45) is 9.22. The van der Waals surface area contributed by atoms with Gasteiger partial charge in [0.25, 0.3) is 0 Å². The molecule has 2 rings (SSSR count). The van der Waals surface area contributed by atoms with E-state index in [-0.39, 0.29) is 0 Å². The smallest absolute Gasteiger partial charge is 0.0278 e. The highest BCUT2D eigenvalue weighted by atomic mass is 32.2. The number of hydrogen-bond acceptors (Lipinski definition) is 3. The second-order valence-corrected chi connectivity index (χ2v) is 5.70. The van der Waals surface area contributed by atoms with E-state index in [0.29, 0.717) is 5.41 Å². The summed E-state index contributed by atoms with van der Waals surface area (Å²) >= 11 is 6.47. The first-order valence-corrected chi connectivity index (χ1v) is 7.10. The van der Waals surface area contributed by atoms with E-state index in [9.17, 15) is 0 Å². The molecule has 1 aliphatic carbocycles. The molecule has 1 nitrogen and oxygen atoms in total. The Bertz CT molecular complexity index is 294. The third kappa shape index (κ3) is 2.91.